The summed E-state index contributed by atoms with van der Waals surface area (Å²) in [6, 6.07) is 27.1. The summed E-state index contributed by atoms with van der Waals surface area (Å²) in [5.41, 5.74) is 17.6. The molecule has 0 saturated carbocycles. The fourth-order valence-corrected chi connectivity index (χ4v) is 7.15. The highest BCUT2D eigenvalue weighted by atomic mass is 15.2. The standard InChI is InChI=1S/C42H46N2/c1-29-11-7-15-35(23-29)43(36-16-8-12-30(2)24-36)39-19-21-41(33(5)27-39)42-22-20-40(28-34(42)6)44(37-17-9-13-31(3)25-37)38-18-10-14-32(4)26-38/h7-9,11-17,20,22-27,40H,10,18-19,21,28H2,1-6H3. The molecule has 0 amide bonds. The molecular weight excluding hydrogens is 532 g/mol. The first-order chi connectivity index (χ1) is 21.3. The molecule has 1 unspecified atom stereocenters. The Bertz CT molecular complexity index is 1710. The minimum absolute atomic E-state index is 0.312. The number of rotatable bonds is 7. The van der Waals surface area contributed by atoms with Crippen molar-refractivity contribution in [2.45, 2.75) is 79.7 Å². The van der Waals surface area contributed by atoms with Gasteiger partial charge in [0.2, 0.25) is 0 Å². The van der Waals surface area contributed by atoms with Gasteiger partial charge in [-0.25, -0.2) is 0 Å². The molecule has 0 spiro atoms. The summed E-state index contributed by atoms with van der Waals surface area (Å²) < 4.78 is 0. The maximum atomic E-state index is 2.60. The molecule has 0 N–H and O–H groups in total. The number of allylic oxidation sites excluding steroid dienone is 10. The number of hydrogen-bond acceptors (Lipinski definition) is 2. The molecule has 0 saturated heterocycles. The quantitative estimate of drug-likeness (QED) is 0.275. The van der Waals surface area contributed by atoms with Crippen molar-refractivity contribution >= 4 is 17.1 Å². The van der Waals surface area contributed by atoms with Gasteiger partial charge in [-0.05, 0) is 156 Å². The molecule has 0 radical (unpaired) electrons. The Balaban J connectivity index is 1.33. The second-order valence-electron chi connectivity index (χ2n) is 13.0. The molecule has 0 heterocycles. The first-order valence-corrected chi connectivity index (χ1v) is 16.2. The molecule has 1 atom stereocenters. The van der Waals surface area contributed by atoms with Gasteiger partial charge in [-0.15, -0.1) is 0 Å². The first kappa shape index (κ1) is 29.8. The van der Waals surface area contributed by atoms with E-state index in [1.54, 1.807) is 0 Å². The molecule has 3 aliphatic carbocycles. The Labute approximate surface area is 265 Å². The van der Waals surface area contributed by atoms with Crippen LogP contribution in [0.3, 0.4) is 0 Å². The van der Waals surface area contributed by atoms with E-state index in [4.69, 9.17) is 0 Å². The van der Waals surface area contributed by atoms with Gasteiger partial charge in [-0.3, -0.25) is 0 Å². The highest BCUT2D eigenvalue weighted by Crippen LogP contribution is 2.41. The van der Waals surface area contributed by atoms with Crippen LogP contribution in [0.25, 0.3) is 0 Å². The lowest BCUT2D eigenvalue weighted by Gasteiger charge is -2.38. The zero-order valence-electron chi connectivity index (χ0n) is 27.3. The van der Waals surface area contributed by atoms with Crippen molar-refractivity contribution in [3.05, 3.63) is 159 Å². The van der Waals surface area contributed by atoms with Crippen molar-refractivity contribution in [3.63, 3.8) is 0 Å². The Hall–Kier alpha value is -4.30. The Morgan fingerprint density at radius 3 is 1.82 bits per heavy atom. The van der Waals surface area contributed by atoms with Crippen LogP contribution in [0.4, 0.5) is 17.1 Å². The van der Waals surface area contributed by atoms with E-state index < -0.39 is 0 Å². The van der Waals surface area contributed by atoms with E-state index in [1.165, 1.54) is 73.0 Å². The van der Waals surface area contributed by atoms with E-state index >= 15 is 0 Å². The number of aryl methyl sites for hydroxylation is 3. The molecule has 3 aromatic carbocycles. The third-order valence-corrected chi connectivity index (χ3v) is 9.26. The topological polar surface area (TPSA) is 6.48 Å². The molecule has 44 heavy (non-hydrogen) atoms. The molecule has 3 aromatic rings. The van der Waals surface area contributed by atoms with Gasteiger partial charge in [-0.1, -0.05) is 65.8 Å². The molecule has 0 fully saturated rings. The average molecular weight is 579 g/mol. The minimum atomic E-state index is 0.312. The smallest absolute Gasteiger partial charge is 0.0559 e. The lowest BCUT2D eigenvalue weighted by molar-refractivity contribution is 0.694. The molecule has 0 bridgehead atoms. The van der Waals surface area contributed by atoms with Gasteiger partial charge in [0.1, 0.15) is 0 Å². The van der Waals surface area contributed by atoms with Crippen molar-refractivity contribution < 1.29 is 0 Å². The van der Waals surface area contributed by atoms with Gasteiger partial charge < -0.3 is 9.80 Å². The lowest BCUT2D eigenvalue weighted by Crippen LogP contribution is -2.35. The van der Waals surface area contributed by atoms with Crippen molar-refractivity contribution in [2.75, 3.05) is 9.80 Å². The van der Waals surface area contributed by atoms with Crippen LogP contribution in [-0.4, -0.2) is 6.04 Å². The largest absolute Gasteiger partial charge is 0.338 e. The van der Waals surface area contributed by atoms with Crippen LogP contribution in [0.15, 0.2) is 142 Å². The van der Waals surface area contributed by atoms with Crippen LogP contribution < -0.4 is 9.80 Å². The maximum absolute atomic E-state index is 2.60. The summed E-state index contributed by atoms with van der Waals surface area (Å²) in [7, 11) is 0. The second-order valence-corrected chi connectivity index (χ2v) is 13.0. The van der Waals surface area contributed by atoms with Crippen molar-refractivity contribution in [2.24, 2.45) is 0 Å². The maximum Gasteiger partial charge on any atom is 0.0559 e. The fraction of sp³-hybridized carbons (Fsp3) is 0.286. The predicted molar refractivity (Wildman–Crippen MR) is 189 cm³/mol. The van der Waals surface area contributed by atoms with Gasteiger partial charge in [0, 0.05) is 28.5 Å². The third-order valence-electron chi connectivity index (χ3n) is 9.26. The molecule has 2 heteroatoms. The van der Waals surface area contributed by atoms with E-state index in [-0.39, 0.29) is 0 Å². The van der Waals surface area contributed by atoms with Crippen LogP contribution in [0.2, 0.25) is 0 Å². The van der Waals surface area contributed by atoms with E-state index in [2.05, 4.69) is 155 Å². The normalized spacial score (nSPS) is 18.6. The minimum Gasteiger partial charge on any atom is -0.338 e. The zero-order valence-corrected chi connectivity index (χ0v) is 27.3. The zero-order chi connectivity index (χ0) is 30.8. The van der Waals surface area contributed by atoms with E-state index in [0.29, 0.717) is 6.04 Å². The highest BCUT2D eigenvalue weighted by Gasteiger charge is 2.27. The monoisotopic (exact) mass is 578 g/mol. The second kappa shape index (κ2) is 12.7. The number of anilines is 3. The Morgan fingerprint density at radius 2 is 1.25 bits per heavy atom. The molecule has 2 nitrogen and oxygen atoms in total. The average Bonchev–Trinajstić information content (AvgIpc) is 2.98. The number of hydrogen-bond donors (Lipinski definition) is 0. The fourth-order valence-electron chi connectivity index (χ4n) is 7.15. The van der Waals surface area contributed by atoms with Crippen LogP contribution in [0.1, 0.15) is 69.6 Å². The highest BCUT2D eigenvalue weighted by molar-refractivity contribution is 5.71. The molecule has 3 aliphatic rings. The summed E-state index contributed by atoms with van der Waals surface area (Å²) in [5.74, 6) is 0. The summed E-state index contributed by atoms with van der Waals surface area (Å²) in [4.78, 5) is 5.06. The summed E-state index contributed by atoms with van der Waals surface area (Å²) in [6.45, 7) is 13.4. The molecule has 0 aliphatic heterocycles. The molecule has 0 aromatic heterocycles. The third kappa shape index (κ3) is 6.31. The lowest BCUT2D eigenvalue weighted by atomic mass is 9.83. The Morgan fingerprint density at radius 1 is 0.636 bits per heavy atom. The van der Waals surface area contributed by atoms with Gasteiger partial charge in [0.25, 0.3) is 0 Å². The van der Waals surface area contributed by atoms with Crippen molar-refractivity contribution in [3.8, 4) is 0 Å². The van der Waals surface area contributed by atoms with E-state index in [1.807, 2.05) is 0 Å². The van der Waals surface area contributed by atoms with Crippen molar-refractivity contribution in [1.82, 2.24) is 0 Å². The van der Waals surface area contributed by atoms with E-state index in [9.17, 15) is 0 Å². The van der Waals surface area contributed by atoms with Crippen LogP contribution >= 0.6 is 0 Å². The van der Waals surface area contributed by atoms with Crippen LogP contribution in [0.5, 0.6) is 0 Å². The van der Waals surface area contributed by atoms with Crippen molar-refractivity contribution in [1.29, 1.82) is 0 Å². The van der Waals surface area contributed by atoms with Gasteiger partial charge in [0.05, 0.1) is 6.04 Å². The number of benzene rings is 3. The molecular formula is C42H46N2. The molecule has 6 rings (SSSR count). The van der Waals surface area contributed by atoms with Crippen LogP contribution in [0, 0.1) is 20.8 Å². The van der Waals surface area contributed by atoms with Gasteiger partial charge in [0.15, 0.2) is 0 Å². The summed E-state index contributed by atoms with van der Waals surface area (Å²) >= 11 is 0. The van der Waals surface area contributed by atoms with E-state index in [0.717, 1.165) is 32.1 Å². The van der Waals surface area contributed by atoms with Gasteiger partial charge >= 0.3 is 0 Å². The predicted octanol–water partition coefficient (Wildman–Crippen LogP) is 11.5. The first-order valence-electron chi connectivity index (χ1n) is 16.2. The number of nitrogens with zero attached hydrogens (tertiary/aromatic N) is 2. The van der Waals surface area contributed by atoms with Crippen LogP contribution in [-0.2, 0) is 0 Å². The Kier molecular flexibility index (Phi) is 8.62. The van der Waals surface area contributed by atoms with Gasteiger partial charge in [-0.2, -0.15) is 0 Å². The summed E-state index contributed by atoms with van der Waals surface area (Å²) in [5, 5.41) is 0. The SMILES string of the molecule is CC1=CCCC(N(c2cccc(C)c2)C2C=CC(C3=C(C)C=C(N(c4cccc(C)c4)c4cccc(C)c4)CC3)=C(C)C2)=C1. The molecule has 224 valence electrons. The summed E-state index contributed by atoms with van der Waals surface area (Å²) in [6.07, 6.45) is 17.4.